The van der Waals surface area contributed by atoms with Crippen molar-refractivity contribution in [3.63, 3.8) is 0 Å². The summed E-state index contributed by atoms with van der Waals surface area (Å²) in [5.74, 6) is -0.826. The Kier molecular flexibility index (Phi) is 3.82. The first-order valence-electron chi connectivity index (χ1n) is 5.82. The van der Waals surface area contributed by atoms with E-state index in [4.69, 9.17) is 4.74 Å². The largest absolute Gasteiger partial charge is 0.490 e. The van der Waals surface area contributed by atoms with Gasteiger partial charge >= 0.3 is 5.97 Å². The van der Waals surface area contributed by atoms with Gasteiger partial charge in [0, 0.05) is 0 Å². The summed E-state index contributed by atoms with van der Waals surface area (Å²) in [5, 5.41) is 19.5. The van der Waals surface area contributed by atoms with Crippen LogP contribution in [0.2, 0.25) is 0 Å². The number of rotatable bonds is 5. The van der Waals surface area contributed by atoms with Crippen molar-refractivity contribution in [2.75, 3.05) is 6.61 Å². The van der Waals surface area contributed by atoms with E-state index in [1.54, 1.807) is 54.6 Å². The van der Waals surface area contributed by atoms with E-state index in [1.807, 2.05) is 6.07 Å². The molecule has 2 rings (SSSR count). The third-order valence-corrected chi connectivity index (χ3v) is 2.80. The summed E-state index contributed by atoms with van der Waals surface area (Å²) in [7, 11) is 0. The fourth-order valence-electron chi connectivity index (χ4n) is 1.69. The third-order valence-electron chi connectivity index (χ3n) is 2.80. The van der Waals surface area contributed by atoms with Gasteiger partial charge in [-0.05, 0) is 17.7 Å². The van der Waals surface area contributed by atoms with Crippen molar-refractivity contribution < 1.29 is 19.7 Å². The number of hydrogen-bond donors (Lipinski definition) is 2. The Labute approximate surface area is 110 Å². The first-order chi connectivity index (χ1) is 9.13. The molecule has 0 fully saturated rings. The van der Waals surface area contributed by atoms with Gasteiger partial charge in [-0.15, -0.1) is 0 Å². The Morgan fingerprint density at radius 1 is 1.00 bits per heavy atom. The van der Waals surface area contributed by atoms with E-state index >= 15 is 0 Å². The first-order valence-corrected chi connectivity index (χ1v) is 5.82. The maximum absolute atomic E-state index is 11.3. The summed E-state index contributed by atoms with van der Waals surface area (Å²) < 4.78 is 5.36. The molecule has 2 aromatic rings. The smallest absolute Gasteiger partial charge is 0.344 e. The molecule has 0 bridgehead atoms. The average Bonchev–Trinajstić information content (AvgIpc) is 2.46. The Hall–Kier alpha value is -2.33. The minimum absolute atomic E-state index is 0.290. The molecule has 0 aromatic heterocycles. The first kappa shape index (κ1) is 13.1. The fraction of sp³-hybridized carbons (Fsp3) is 0.133. The van der Waals surface area contributed by atoms with Crippen LogP contribution in [-0.4, -0.2) is 22.8 Å². The molecule has 0 saturated heterocycles. The van der Waals surface area contributed by atoms with Crippen LogP contribution in [0.5, 0.6) is 5.75 Å². The lowest BCUT2D eigenvalue weighted by atomic mass is 9.95. The van der Waals surface area contributed by atoms with Crippen molar-refractivity contribution in [2.45, 2.75) is 5.60 Å². The van der Waals surface area contributed by atoms with Gasteiger partial charge in [0.05, 0.1) is 0 Å². The highest BCUT2D eigenvalue weighted by atomic mass is 16.5. The fourth-order valence-corrected chi connectivity index (χ4v) is 1.69. The number of carboxylic acid groups (broad SMARTS) is 1. The van der Waals surface area contributed by atoms with Crippen LogP contribution in [0.4, 0.5) is 0 Å². The minimum atomic E-state index is -2.06. The highest BCUT2D eigenvalue weighted by Crippen LogP contribution is 2.23. The number of para-hydroxylation sites is 1. The Bertz CT molecular complexity index is 539. The molecule has 0 spiro atoms. The SMILES string of the molecule is O=C(O)C(O)(COc1ccccc1)c1ccccc1. The van der Waals surface area contributed by atoms with Crippen molar-refractivity contribution in [2.24, 2.45) is 0 Å². The second-order valence-corrected chi connectivity index (χ2v) is 4.13. The molecule has 0 radical (unpaired) electrons. The van der Waals surface area contributed by atoms with E-state index in [0.717, 1.165) is 0 Å². The topological polar surface area (TPSA) is 66.8 Å². The van der Waals surface area contributed by atoms with E-state index in [9.17, 15) is 15.0 Å². The Morgan fingerprint density at radius 2 is 1.53 bits per heavy atom. The lowest BCUT2D eigenvalue weighted by molar-refractivity contribution is -0.163. The molecule has 1 unspecified atom stereocenters. The Balaban J connectivity index is 2.19. The number of aliphatic carboxylic acids is 1. The summed E-state index contributed by atoms with van der Waals surface area (Å²) in [5.41, 5.74) is -1.77. The molecule has 2 aromatic carbocycles. The summed E-state index contributed by atoms with van der Waals surface area (Å²) >= 11 is 0. The normalized spacial score (nSPS) is 13.5. The lowest BCUT2D eigenvalue weighted by Gasteiger charge is -2.24. The van der Waals surface area contributed by atoms with Gasteiger partial charge in [-0.3, -0.25) is 0 Å². The molecule has 2 N–H and O–H groups in total. The summed E-state index contributed by atoms with van der Waals surface area (Å²) in [6.45, 7) is -0.351. The standard InChI is InChI=1S/C15H14O4/c16-14(17)15(18,12-7-3-1-4-8-12)11-19-13-9-5-2-6-10-13/h1-10,18H,11H2,(H,16,17). The highest BCUT2D eigenvalue weighted by molar-refractivity contribution is 5.79. The predicted octanol–water partition coefficient (Wildman–Crippen LogP) is 2.04. The molecule has 98 valence electrons. The van der Waals surface area contributed by atoms with E-state index in [1.165, 1.54) is 0 Å². The second-order valence-electron chi connectivity index (χ2n) is 4.13. The maximum Gasteiger partial charge on any atom is 0.344 e. The molecule has 0 amide bonds. The number of aliphatic hydroxyl groups is 1. The van der Waals surface area contributed by atoms with Gasteiger partial charge in [-0.2, -0.15) is 0 Å². The monoisotopic (exact) mass is 258 g/mol. The molecular weight excluding hydrogens is 244 g/mol. The van der Waals surface area contributed by atoms with Crippen molar-refractivity contribution in [3.05, 3.63) is 66.2 Å². The zero-order valence-corrected chi connectivity index (χ0v) is 10.2. The molecule has 4 nitrogen and oxygen atoms in total. The van der Waals surface area contributed by atoms with Crippen LogP contribution in [0.3, 0.4) is 0 Å². The van der Waals surface area contributed by atoms with Crippen LogP contribution in [-0.2, 0) is 10.4 Å². The van der Waals surface area contributed by atoms with Crippen LogP contribution in [0.1, 0.15) is 5.56 Å². The number of ether oxygens (including phenoxy) is 1. The molecule has 1 atom stereocenters. The number of benzene rings is 2. The van der Waals surface area contributed by atoms with Gasteiger partial charge in [0.25, 0.3) is 0 Å². The van der Waals surface area contributed by atoms with Gasteiger partial charge in [0.15, 0.2) is 0 Å². The van der Waals surface area contributed by atoms with E-state index < -0.39 is 11.6 Å². The maximum atomic E-state index is 11.3. The predicted molar refractivity (Wildman–Crippen MR) is 69.9 cm³/mol. The van der Waals surface area contributed by atoms with Crippen LogP contribution >= 0.6 is 0 Å². The molecule has 0 aliphatic rings. The van der Waals surface area contributed by atoms with Crippen LogP contribution in [0, 0.1) is 0 Å². The molecule has 19 heavy (non-hydrogen) atoms. The molecule has 0 heterocycles. The lowest BCUT2D eigenvalue weighted by Crippen LogP contribution is -2.41. The quantitative estimate of drug-likeness (QED) is 0.861. The summed E-state index contributed by atoms with van der Waals surface area (Å²) in [4.78, 5) is 11.3. The van der Waals surface area contributed by atoms with Gasteiger partial charge in [0.1, 0.15) is 12.4 Å². The van der Waals surface area contributed by atoms with Crippen molar-refractivity contribution in [1.29, 1.82) is 0 Å². The van der Waals surface area contributed by atoms with Crippen LogP contribution in [0.25, 0.3) is 0 Å². The molecule has 0 aliphatic carbocycles. The number of carbonyl (C=O) groups is 1. The summed E-state index contributed by atoms with van der Waals surface area (Å²) in [6.07, 6.45) is 0. The van der Waals surface area contributed by atoms with Crippen LogP contribution in [0.15, 0.2) is 60.7 Å². The van der Waals surface area contributed by atoms with Gasteiger partial charge in [-0.25, -0.2) is 4.79 Å². The van der Waals surface area contributed by atoms with Gasteiger partial charge < -0.3 is 14.9 Å². The third kappa shape index (κ3) is 2.92. The number of hydrogen-bond acceptors (Lipinski definition) is 3. The van der Waals surface area contributed by atoms with Gasteiger partial charge in [0.2, 0.25) is 5.60 Å². The van der Waals surface area contributed by atoms with E-state index in [0.29, 0.717) is 11.3 Å². The van der Waals surface area contributed by atoms with E-state index in [2.05, 4.69) is 0 Å². The minimum Gasteiger partial charge on any atom is -0.490 e. The summed E-state index contributed by atoms with van der Waals surface area (Å²) in [6, 6.07) is 17.0. The second kappa shape index (κ2) is 5.54. The molecule has 0 saturated carbocycles. The highest BCUT2D eigenvalue weighted by Gasteiger charge is 2.39. The molecule has 0 aliphatic heterocycles. The Morgan fingerprint density at radius 3 is 2.05 bits per heavy atom. The van der Waals surface area contributed by atoms with Crippen molar-refractivity contribution in [1.82, 2.24) is 0 Å². The van der Waals surface area contributed by atoms with Crippen molar-refractivity contribution in [3.8, 4) is 5.75 Å². The zero-order chi connectivity index (χ0) is 13.7. The molecule has 4 heteroatoms. The van der Waals surface area contributed by atoms with Gasteiger partial charge in [-0.1, -0.05) is 48.5 Å². The zero-order valence-electron chi connectivity index (χ0n) is 10.2. The average molecular weight is 258 g/mol. The van der Waals surface area contributed by atoms with E-state index in [-0.39, 0.29) is 6.61 Å². The van der Waals surface area contributed by atoms with Crippen molar-refractivity contribution >= 4 is 5.97 Å². The van der Waals surface area contributed by atoms with Crippen LogP contribution < -0.4 is 4.74 Å². The number of carboxylic acids is 1. The molecular formula is C15H14O4.